The molecule has 0 saturated carbocycles. The third-order valence-corrected chi connectivity index (χ3v) is 7.69. The molecule has 3 N–H and O–H groups in total. The minimum absolute atomic E-state index is 0. The van der Waals surface area contributed by atoms with Crippen LogP contribution in [-0.2, 0) is 39.3 Å². The van der Waals surface area contributed by atoms with Gasteiger partial charge in [0.2, 0.25) is 0 Å². The number of ether oxygens (including phenoxy) is 2. The summed E-state index contributed by atoms with van der Waals surface area (Å²) in [6, 6.07) is 8.70. The van der Waals surface area contributed by atoms with Gasteiger partial charge in [-0.3, -0.25) is 14.1 Å². The van der Waals surface area contributed by atoms with Crippen LogP contribution in [0.15, 0.2) is 30.3 Å². The Morgan fingerprint density at radius 2 is 1.23 bits per heavy atom. The van der Waals surface area contributed by atoms with Crippen LogP contribution in [0.3, 0.4) is 0 Å². The van der Waals surface area contributed by atoms with Gasteiger partial charge in [-0.2, -0.15) is 16.8 Å². The smallest absolute Gasteiger partial charge is 1.00 e. The molecule has 238 valence electrons. The molecule has 0 aliphatic heterocycles. The Kier molecular flexibility index (Phi) is 36.9. The van der Waals surface area contributed by atoms with Gasteiger partial charge in [0.15, 0.2) is 5.25 Å². The van der Waals surface area contributed by atoms with Gasteiger partial charge < -0.3 is 28.1 Å². The molecule has 0 bridgehead atoms. The summed E-state index contributed by atoms with van der Waals surface area (Å²) in [5, 5.41) is 14.6. The fourth-order valence-electron chi connectivity index (χ4n) is 3.35. The van der Waals surface area contributed by atoms with Crippen molar-refractivity contribution in [3.8, 4) is 5.75 Å². The molecule has 0 aliphatic carbocycles. The maximum atomic E-state index is 11.8. The number of benzene rings is 1. The molecule has 1 aromatic rings. The Balaban J connectivity index is -0.000000119. The standard InChI is InChI=1S/C18H30O3S.C8H14O9S.3Na.3H/c1-2-3-4-5-6-7-8-9-10-14-17-22(19,20)21-18-15-12-11-13-16-18;9-1-3-16-7(11)5-6(18(13,14)15)8(12)17-4-2-10;;;;;;/h11-13,15-16H,2-10,14,17H2,1H3;6,9-10H,1-5H2,(H,13,14,15);;;;;;/q;;3*+1;3*-1. The number of carbonyl (C=O) groups is 2. The van der Waals surface area contributed by atoms with E-state index in [4.69, 9.17) is 18.9 Å². The average Bonchev–Trinajstić information content (AvgIpc) is 2.90. The van der Waals surface area contributed by atoms with Crippen LogP contribution < -0.4 is 92.9 Å². The first kappa shape index (κ1) is 50.6. The summed E-state index contributed by atoms with van der Waals surface area (Å²) in [6.45, 7) is 0.422. The van der Waals surface area contributed by atoms with Crippen molar-refractivity contribution in [2.75, 3.05) is 32.2 Å². The molecule has 1 atom stereocenters. The van der Waals surface area contributed by atoms with Gasteiger partial charge in [0, 0.05) is 0 Å². The number of aliphatic hydroxyl groups is 2. The molecule has 12 nitrogen and oxygen atoms in total. The van der Waals surface area contributed by atoms with Crippen LogP contribution in [-0.4, -0.2) is 81.0 Å². The van der Waals surface area contributed by atoms with Crippen molar-refractivity contribution in [3.63, 3.8) is 0 Å². The normalized spacial score (nSPS) is 11.3. The molecular weight excluding hydrogens is 637 g/mol. The zero-order chi connectivity index (χ0) is 30.3. The number of para-hydroxylation sites is 1. The zero-order valence-corrected chi connectivity index (χ0v) is 33.7. The third kappa shape index (κ3) is 29.9. The van der Waals surface area contributed by atoms with E-state index < -0.39 is 63.7 Å². The minimum Gasteiger partial charge on any atom is -1.00 e. The van der Waals surface area contributed by atoms with Gasteiger partial charge in [0.25, 0.3) is 10.1 Å². The predicted octanol–water partition coefficient (Wildman–Crippen LogP) is -5.63. The number of aliphatic hydroxyl groups excluding tert-OH is 2. The van der Waals surface area contributed by atoms with Crippen molar-refractivity contribution < 1.29 is 148 Å². The summed E-state index contributed by atoms with van der Waals surface area (Å²) in [7, 11) is -8.28. The van der Waals surface area contributed by atoms with Gasteiger partial charge in [-0.1, -0.05) is 82.9 Å². The molecule has 0 spiro atoms. The van der Waals surface area contributed by atoms with Gasteiger partial charge in [-0.15, -0.1) is 0 Å². The number of carbonyl (C=O) groups excluding carboxylic acids is 2. The molecule has 17 heteroatoms. The van der Waals surface area contributed by atoms with E-state index in [-0.39, 0.29) is 105 Å². The van der Waals surface area contributed by atoms with Crippen molar-refractivity contribution in [1.29, 1.82) is 0 Å². The largest absolute Gasteiger partial charge is 1.00 e. The van der Waals surface area contributed by atoms with Crippen LogP contribution >= 0.6 is 0 Å². The van der Waals surface area contributed by atoms with E-state index in [0.29, 0.717) is 12.2 Å². The number of rotatable bonds is 21. The fraction of sp³-hybridized carbons (Fsp3) is 0.692. The molecule has 43 heavy (non-hydrogen) atoms. The van der Waals surface area contributed by atoms with Crippen LogP contribution in [0.2, 0.25) is 0 Å². The summed E-state index contributed by atoms with van der Waals surface area (Å²) < 4.78 is 67.9. The van der Waals surface area contributed by atoms with Gasteiger partial charge in [-0.05, 0) is 18.6 Å². The van der Waals surface area contributed by atoms with E-state index in [9.17, 15) is 26.4 Å². The Labute approximate surface area is 327 Å². The molecule has 1 unspecified atom stereocenters. The van der Waals surface area contributed by atoms with Gasteiger partial charge in [-0.25, -0.2) is 0 Å². The molecule has 0 fully saturated rings. The number of unbranched alkanes of at least 4 members (excludes halogenated alkanes) is 9. The van der Waals surface area contributed by atoms with Crippen molar-refractivity contribution in [3.05, 3.63) is 30.3 Å². The molecule has 0 saturated heterocycles. The van der Waals surface area contributed by atoms with E-state index in [1.54, 1.807) is 24.3 Å². The molecule has 1 aromatic carbocycles. The van der Waals surface area contributed by atoms with E-state index >= 15 is 0 Å². The Morgan fingerprint density at radius 1 is 0.767 bits per heavy atom. The molecular formula is C26H47Na3O12S2. The Morgan fingerprint density at radius 3 is 1.70 bits per heavy atom. The molecule has 0 amide bonds. The molecule has 1 rings (SSSR count). The van der Waals surface area contributed by atoms with Crippen LogP contribution in [0.1, 0.15) is 81.8 Å². The Bertz CT molecular complexity index is 1040. The Hall–Kier alpha value is 0.740. The second-order valence-corrected chi connectivity index (χ2v) is 12.2. The average molecular weight is 685 g/mol. The number of hydrogen-bond acceptors (Lipinski definition) is 11. The van der Waals surface area contributed by atoms with Crippen LogP contribution in [0.25, 0.3) is 0 Å². The SMILES string of the molecule is CCCCCCCCCCCCS(=O)(=O)Oc1ccccc1.O=C(CC(C(=O)OCCO)S(=O)(=O)O)OCCO.[H-].[H-].[H-].[Na+].[Na+].[Na+]. The number of esters is 2. The fourth-order valence-corrected chi connectivity index (χ4v) is 5.05. The summed E-state index contributed by atoms with van der Waals surface area (Å²) in [6.07, 6.45) is 11.0. The summed E-state index contributed by atoms with van der Waals surface area (Å²) >= 11 is 0. The maximum absolute atomic E-state index is 11.8. The second-order valence-electron chi connectivity index (χ2n) is 8.88. The van der Waals surface area contributed by atoms with Crippen molar-refractivity contribution in [1.82, 2.24) is 0 Å². The third-order valence-electron chi connectivity index (χ3n) is 5.38. The van der Waals surface area contributed by atoms with Crippen molar-refractivity contribution >= 4 is 32.2 Å². The molecule has 0 aliphatic rings. The van der Waals surface area contributed by atoms with Crippen LogP contribution in [0, 0.1) is 0 Å². The van der Waals surface area contributed by atoms with Crippen molar-refractivity contribution in [2.45, 2.75) is 82.8 Å². The first-order valence-electron chi connectivity index (χ1n) is 13.4. The first-order chi connectivity index (χ1) is 19.0. The van der Waals surface area contributed by atoms with E-state index in [1.165, 1.54) is 44.9 Å². The monoisotopic (exact) mass is 684 g/mol. The molecule has 0 aromatic heterocycles. The van der Waals surface area contributed by atoms with Crippen LogP contribution in [0.5, 0.6) is 5.75 Å². The maximum Gasteiger partial charge on any atom is 1.00 e. The topological polar surface area (TPSA) is 191 Å². The van der Waals surface area contributed by atoms with Gasteiger partial charge >= 0.3 is 111 Å². The van der Waals surface area contributed by atoms with Crippen LogP contribution in [0.4, 0.5) is 0 Å². The van der Waals surface area contributed by atoms with Gasteiger partial charge in [0.05, 0.1) is 25.4 Å². The predicted molar refractivity (Wildman–Crippen MR) is 152 cm³/mol. The summed E-state index contributed by atoms with van der Waals surface area (Å²) in [4.78, 5) is 22.3. The van der Waals surface area contributed by atoms with Crippen molar-refractivity contribution in [2.24, 2.45) is 0 Å². The minimum atomic E-state index is -4.83. The van der Waals surface area contributed by atoms with E-state index in [1.807, 2.05) is 6.07 Å². The number of hydrogen-bond donors (Lipinski definition) is 3. The first-order valence-corrected chi connectivity index (χ1v) is 16.5. The molecule has 0 heterocycles. The second kappa shape index (κ2) is 31.3. The molecule has 0 radical (unpaired) electrons. The summed E-state index contributed by atoms with van der Waals surface area (Å²) in [5.41, 5.74) is 0. The zero-order valence-electron chi connectivity index (χ0n) is 29.1. The van der Waals surface area contributed by atoms with Gasteiger partial charge in [0.1, 0.15) is 19.0 Å². The quantitative estimate of drug-likeness (QED) is 0.0367. The van der Waals surface area contributed by atoms with E-state index in [2.05, 4.69) is 16.4 Å². The van der Waals surface area contributed by atoms with E-state index in [0.717, 1.165) is 12.8 Å². The summed E-state index contributed by atoms with van der Waals surface area (Å²) in [5.74, 6) is -1.95.